The number of piperidine rings is 1. The van der Waals surface area contributed by atoms with Crippen LogP contribution in [0.25, 0.3) is 0 Å². The summed E-state index contributed by atoms with van der Waals surface area (Å²) in [7, 11) is 0. The number of aliphatic imine (C=N–C) groups is 1. The van der Waals surface area contributed by atoms with Gasteiger partial charge in [0, 0.05) is 44.6 Å². The predicted molar refractivity (Wildman–Crippen MR) is 136 cm³/mol. The molecule has 0 saturated carbocycles. The lowest BCUT2D eigenvalue weighted by Gasteiger charge is -2.32. The van der Waals surface area contributed by atoms with Gasteiger partial charge in [-0.05, 0) is 56.7 Å². The van der Waals surface area contributed by atoms with Gasteiger partial charge >= 0.3 is 0 Å². The average Bonchev–Trinajstić information content (AvgIpc) is 3.30. The minimum atomic E-state index is 0. The fourth-order valence-corrected chi connectivity index (χ4v) is 3.88. The van der Waals surface area contributed by atoms with E-state index < -0.39 is 0 Å². The van der Waals surface area contributed by atoms with Crippen molar-refractivity contribution < 1.29 is 14.6 Å². The molecule has 0 aliphatic carbocycles. The zero-order valence-corrected chi connectivity index (χ0v) is 21.2. The Labute approximate surface area is 204 Å². The Morgan fingerprint density at radius 2 is 2.00 bits per heavy atom. The van der Waals surface area contributed by atoms with Gasteiger partial charge in [0.2, 0.25) is 0 Å². The number of nitrogens with one attached hydrogen (secondary N) is 2. The summed E-state index contributed by atoms with van der Waals surface area (Å²) in [5.74, 6) is 1.28. The second-order valence-electron chi connectivity index (χ2n) is 8.34. The number of rotatable bonds is 9. The molecule has 1 aromatic rings. The Hall–Kier alpha value is -1.10. The molecule has 0 spiro atoms. The molecule has 3 rings (SSSR count). The van der Waals surface area contributed by atoms with E-state index in [0.29, 0.717) is 32.3 Å². The van der Waals surface area contributed by atoms with Crippen LogP contribution in [0.2, 0.25) is 0 Å². The molecule has 0 bridgehead atoms. The third kappa shape index (κ3) is 8.75. The SMILES string of the molecule is CCNC(=NCc1ccc(N2CCC(CO)CC2)cc1)NC(C)COC1CCOC1.I. The summed E-state index contributed by atoms with van der Waals surface area (Å²) in [5.41, 5.74) is 2.44. The molecule has 31 heavy (non-hydrogen) atoms. The van der Waals surface area contributed by atoms with Crippen LogP contribution in [0.3, 0.4) is 0 Å². The number of hydrogen-bond donors (Lipinski definition) is 3. The molecule has 1 aromatic carbocycles. The van der Waals surface area contributed by atoms with Crippen LogP contribution in [-0.4, -0.2) is 69.3 Å². The summed E-state index contributed by atoms with van der Waals surface area (Å²) in [6, 6.07) is 8.86. The van der Waals surface area contributed by atoms with Crippen molar-refractivity contribution in [2.45, 2.75) is 51.8 Å². The summed E-state index contributed by atoms with van der Waals surface area (Å²) in [4.78, 5) is 7.14. The van der Waals surface area contributed by atoms with E-state index in [9.17, 15) is 5.11 Å². The molecule has 2 heterocycles. The summed E-state index contributed by atoms with van der Waals surface area (Å²) < 4.78 is 11.3. The van der Waals surface area contributed by atoms with Crippen molar-refractivity contribution in [1.29, 1.82) is 0 Å². The van der Waals surface area contributed by atoms with Gasteiger partial charge in [-0.2, -0.15) is 0 Å². The highest BCUT2D eigenvalue weighted by Gasteiger charge is 2.19. The second kappa shape index (κ2) is 14.1. The van der Waals surface area contributed by atoms with Crippen molar-refractivity contribution in [2.75, 3.05) is 51.0 Å². The van der Waals surface area contributed by atoms with Crippen LogP contribution >= 0.6 is 24.0 Å². The zero-order valence-electron chi connectivity index (χ0n) is 18.9. The minimum Gasteiger partial charge on any atom is -0.396 e. The summed E-state index contributed by atoms with van der Waals surface area (Å²) >= 11 is 0. The van der Waals surface area contributed by atoms with Crippen LogP contribution in [0.4, 0.5) is 5.69 Å². The maximum absolute atomic E-state index is 9.31. The third-order valence-corrected chi connectivity index (χ3v) is 5.79. The second-order valence-corrected chi connectivity index (χ2v) is 8.34. The van der Waals surface area contributed by atoms with Crippen molar-refractivity contribution in [1.82, 2.24) is 10.6 Å². The van der Waals surface area contributed by atoms with E-state index in [4.69, 9.17) is 14.5 Å². The van der Waals surface area contributed by atoms with E-state index in [1.807, 2.05) is 0 Å². The number of guanidine groups is 1. The summed E-state index contributed by atoms with van der Waals surface area (Å²) in [6.45, 7) is 10.1. The van der Waals surface area contributed by atoms with Crippen LogP contribution in [0.1, 0.15) is 38.7 Å². The number of benzene rings is 1. The molecule has 0 radical (unpaired) electrons. The van der Waals surface area contributed by atoms with Gasteiger partial charge in [-0.3, -0.25) is 0 Å². The van der Waals surface area contributed by atoms with E-state index in [1.54, 1.807) is 0 Å². The normalized spacial score (nSPS) is 20.9. The third-order valence-electron chi connectivity index (χ3n) is 5.79. The molecule has 2 aliphatic heterocycles. The molecule has 0 aromatic heterocycles. The van der Waals surface area contributed by atoms with Gasteiger partial charge in [-0.1, -0.05) is 12.1 Å². The molecule has 2 unspecified atom stereocenters. The van der Waals surface area contributed by atoms with Gasteiger partial charge < -0.3 is 30.1 Å². The Morgan fingerprint density at radius 3 is 2.61 bits per heavy atom. The van der Waals surface area contributed by atoms with Crippen molar-refractivity contribution in [3.8, 4) is 0 Å². The first-order valence-electron chi connectivity index (χ1n) is 11.4. The van der Waals surface area contributed by atoms with Gasteiger partial charge in [0.15, 0.2) is 5.96 Å². The minimum absolute atomic E-state index is 0. The monoisotopic (exact) mass is 546 g/mol. The number of ether oxygens (including phenoxy) is 2. The summed E-state index contributed by atoms with van der Waals surface area (Å²) in [6.07, 6.45) is 3.34. The number of hydrogen-bond acceptors (Lipinski definition) is 5. The van der Waals surface area contributed by atoms with E-state index in [-0.39, 0.29) is 36.1 Å². The Kier molecular flexibility index (Phi) is 11.9. The molecule has 3 N–H and O–H groups in total. The summed E-state index contributed by atoms with van der Waals surface area (Å²) in [5, 5.41) is 16.1. The van der Waals surface area contributed by atoms with E-state index in [0.717, 1.165) is 51.5 Å². The van der Waals surface area contributed by atoms with Crippen LogP contribution in [0.5, 0.6) is 0 Å². The van der Waals surface area contributed by atoms with Crippen molar-refractivity contribution in [2.24, 2.45) is 10.9 Å². The largest absolute Gasteiger partial charge is 0.396 e. The molecule has 0 amide bonds. The van der Waals surface area contributed by atoms with Gasteiger partial charge in [-0.15, -0.1) is 24.0 Å². The van der Waals surface area contributed by atoms with Crippen LogP contribution in [0.15, 0.2) is 29.3 Å². The number of aliphatic hydroxyl groups excluding tert-OH is 1. The topological polar surface area (TPSA) is 78.4 Å². The fraction of sp³-hybridized carbons (Fsp3) is 0.696. The zero-order chi connectivity index (χ0) is 21.2. The fourth-order valence-electron chi connectivity index (χ4n) is 3.88. The van der Waals surface area contributed by atoms with E-state index in [1.165, 1.54) is 11.3 Å². The smallest absolute Gasteiger partial charge is 0.191 e. The van der Waals surface area contributed by atoms with Crippen LogP contribution in [-0.2, 0) is 16.0 Å². The Bertz CT molecular complexity index is 645. The quantitative estimate of drug-likeness (QED) is 0.251. The first-order chi connectivity index (χ1) is 14.7. The van der Waals surface area contributed by atoms with Crippen molar-refractivity contribution in [3.05, 3.63) is 29.8 Å². The Morgan fingerprint density at radius 1 is 1.26 bits per heavy atom. The standard InChI is InChI=1S/C23H38N4O3.HI/c1-3-24-23(26-18(2)16-30-22-10-13-29-17-22)25-14-19-4-6-21(7-5-19)27-11-8-20(15-28)9-12-27;/h4-7,18,20,22,28H,3,8-17H2,1-2H3,(H2,24,25,26);1H. The molecular formula is C23H39IN4O3. The lowest BCUT2D eigenvalue weighted by Crippen LogP contribution is -2.44. The van der Waals surface area contributed by atoms with Gasteiger partial charge in [0.05, 0.1) is 25.9 Å². The number of anilines is 1. The first-order valence-corrected chi connectivity index (χ1v) is 11.4. The molecular weight excluding hydrogens is 507 g/mol. The van der Waals surface area contributed by atoms with Gasteiger partial charge in [0.1, 0.15) is 0 Å². The highest BCUT2D eigenvalue weighted by atomic mass is 127. The molecule has 176 valence electrons. The first kappa shape index (κ1) is 26.2. The average molecular weight is 546 g/mol. The lowest BCUT2D eigenvalue weighted by atomic mass is 9.97. The molecule has 2 saturated heterocycles. The number of nitrogens with zero attached hydrogens (tertiary/aromatic N) is 2. The lowest BCUT2D eigenvalue weighted by molar-refractivity contribution is 0.0347. The van der Waals surface area contributed by atoms with Crippen LogP contribution < -0.4 is 15.5 Å². The van der Waals surface area contributed by atoms with Crippen LogP contribution in [0, 0.1) is 5.92 Å². The van der Waals surface area contributed by atoms with E-state index >= 15 is 0 Å². The molecule has 2 atom stereocenters. The molecule has 2 fully saturated rings. The van der Waals surface area contributed by atoms with Crippen molar-refractivity contribution >= 4 is 35.6 Å². The number of aliphatic hydroxyl groups is 1. The highest BCUT2D eigenvalue weighted by Crippen LogP contribution is 2.23. The van der Waals surface area contributed by atoms with E-state index in [2.05, 4.69) is 53.6 Å². The maximum Gasteiger partial charge on any atom is 0.191 e. The molecule has 7 nitrogen and oxygen atoms in total. The predicted octanol–water partition coefficient (Wildman–Crippen LogP) is 2.76. The van der Waals surface area contributed by atoms with Gasteiger partial charge in [-0.25, -0.2) is 4.99 Å². The maximum atomic E-state index is 9.31. The molecule has 8 heteroatoms. The van der Waals surface area contributed by atoms with Gasteiger partial charge in [0.25, 0.3) is 0 Å². The number of halogens is 1. The molecule has 2 aliphatic rings. The Balaban J connectivity index is 0.00000341. The highest BCUT2D eigenvalue weighted by molar-refractivity contribution is 14.0. The van der Waals surface area contributed by atoms with Crippen molar-refractivity contribution in [3.63, 3.8) is 0 Å².